The van der Waals surface area contributed by atoms with Gasteiger partial charge in [-0.2, -0.15) is 4.98 Å². The molecule has 0 aromatic carbocycles. The van der Waals surface area contributed by atoms with Gasteiger partial charge in [0.05, 0.1) is 11.8 Å². The standard InChI is InChI=1S/C15H20N4O/c1-11(2)20-15-13(16)6-7-14(19-15)18-10-8-12-5-3-4-9-17-12/h3-7,9,11H,8,10,16H2,1-2H3,(H,18,19). The highest BCUT2D eigenvalue weighted by atomic mass is 16.5. The third-order valence-corrected chi connectivity index (χ3v) is 2.65. The van der Waals surface area contributed by atoms with Gasteiger partial charge in [-0.05, 0) is 38.1 Å². The van der Waals surface area contributed by atoms with E-state index < -0.39 is 0 Å². The van der Waals surface area contributed by atoms with E-state index in [1.807, 2.05) is 38.1 Å². The van der Waals surface area contributed by atoms with E-state index in [-0.39, 0.29) is 6.10 Å². The van der Waals surface area contributed by atoms with Gasteiger partial charge in [0, 0.05) is 24.9 Å². The Kier molecular flexibility index (Phi) is 4.76. The van der Waals surface area contributed by atoms with Crippen LogP contribution >= 0.6 is 0 Å². The summed E-state index contributed by atoms with van der Waals surface area (Å²) in [5.74, 6) is 1.23. The molecule has 20 heavy (non-hydrogen) atoms. The van der Waals surface area contributed by atoms with Gasteiger partial charge in [0.15, 0.2) is 0 Å². The van der Waals surface area contributed by atoms with E-state index in [4.69, 9.17) is 10.5 Å². The molecule has 3 N–H and O–H groups in total. The monoisotopic (exact) mass is 272 g/mol. The number of aromatic nitrogens is 2. The molecule has 0 aliphatic rings. The summed E-state index contributed by atoms with van der Waals surface area (Å²) in [6.45, 7) is 4.65. The number of hydrogen-bond acceptors (Lipinski definition) is 5. The van der Waals surface area contributed by atoms with Gasteiger partial charge in [-0.25, -0.2) is 0 Å². The average Bonchev–Trinajstić information content (AvgIpc) is 2.43. The summed E-state index contributed by atoms with van der Waals surface area (Å²) in [4.78, 5) is 8.64. The van der Waals surface area contributed by atoms with Crippen molar-refractivity contribution in [2.45, 2.75) is 26.4 Å². The zero-order valence-corrected chi connectivity index (χ0v) is 11.8. The fourth-order valence-corrected chi connectivity index (χ4v) is 1.73. The molecule has 2 aromatic rings. The zero-order valence-electron chi connectivity index (χ0n) is 11.8. The van der Waals surface area contributed by atoms with Crippen LogP contribution in [0.3, 0.4) is 0 Å². The van der Waals surface area contributed by atoms with Gasteiger partial charge in [0.2, 0.25) is 5.88 Å². The van der Waals surface area contributed by atoms with E-state index in [1.165, 1.54) is 0 Å². The zero-order chi connectivity index (χ0) is 14.4. The molecule has 0 saturated heterocycles. The summed E-state index contributed by atoms with van der Waals surface area (Å²) in [5, 5.41) is 3.25. The normalized spacial score (nSPS) is 10.6. The molecule has 0 bridgehead atoms. The fourth-order valence-electron chi connectivity index (χ4n) is 1.73. The van der Waals surface area contributed by atoms with Crippen LogP contribution in [-0.2, 0) is 6.42 Å². The van der Waals surface area contributed by atoms with Crippen molar-refractivity contribution in [1.29, 1.82) is 0 Å². The first-order valence-corrected chi connectivity index (χ1v) is 6.72. The van der Waals surface area contributed by atoms with Gasteiger partial charge in [-0.3, -0.25) is 4.98 Å². The van der Waals surface area contributed by atoms with Crippen LogP contribution in [0.1, 0.15) is 19.5 Å². The van der Waals surface area contributed by atoms with Crippen LogP contribution < -0.4 is 15.8 Å². The molecule has 5 nitrogen and oxygen atoms in total. The Morgan fingerprint density at radius 3 is 2.80 bits per heavy atom. The van der Waals surface area contributed by atoms with Crippen molar-refractivity contribution in [3.63, 3.8) is 0 Å². The van der Waals surface area contributed by atoms with Crippen molar-refractivity contribution in [2.24, 2.45) is 0 Å². The Hall–Kier alpha value is -2.30. The molecule has 0 spiro atoms. The molecular weight excluding hydrogens is 252 g/mol. The lowest BCUT2D eigenvalue weighted by Gasteiger charge is -2.13. The lowest BCUT2D eigenvalue weighted by molar-refractivity contribution is 0.234. The maximum Gasteiger partial charge on any atom is 0.239 e. The third kappa shape index (κ3) is 4.12. The first kappa shape index (κ1) is 14.1. The molecule has 2 rings (SSSR count). The van der Waals surface area contributed by atoms with Crippen molar-refractivity contribution in [3.8, 4) is 5.88 Å². The van der Waals surface area contributed by atoms with Crippen molar-refractivity contribution in [1.82, 2.24) is 9.97 Å². The van der Waals surface area contributed by atoms with Gasteiger partial charge in [-0.1, -0.05) is 6.07 Å². The summed E-state index contributed by atoms with van der Waals surface area (Å²) < 4.78 is 5.56. The van der Waals surface area contributed by atoms with Gasteiger partial charge < -0.3 is 15.8 Å². The molecule has 0 unspecified atom stereocenters. The molecule has 0 saturated carbocycles. The van der Waals surface area contributed by atoms with Crippen LogP contribution in [0.4, 0.5) is 11.5 Å². The number of ether oxygens (including phenoxy) is 1. The Bertz CT molecular complexity index is 543. The summed E-state index contributed by atoms with van der Waals surface area (Å²) in [6, 6.07) is 9.55. The van der Waals surface area contributed by atoms with Crippen LogP contribution in [0, 0.1) is 0 Å². The van der Waals surface area contributed by atoms with E-state index >= 15 is 0 Å². The summed E-state index contributed by atoms with van der Waals surface area (Å²) >= 11 is 0. The Morgan fingerprint density at radius 2 is 2.10 bits per heavy atom. The predicted octanol–water partition coefficient (Wildman–Crippen LogP) is 2.50. The van der Waals surface area contributed by atoms with E-state index in [9.17, 15) is 0 Å². The fraction of sp³-hybridized carbons (Fsp3) is 0.333. The molecule has 0 aliphatic carbocycles. The van der Waals surface area contributed by atoms with Crippen molar-refractivity contribution >= 4 is 11.5 Å². The lowest BCUT2D eigenvalue weighted by Crippen LogP contribution is -2.11. The Labute approximate surface area is 119 Å². The molecule has 2 heterocycles. The van der Waals surface area contributed by atoms with Gasteiger partial charge in [0.25, 0.3) is 0 Å². The van der Waals surface area contributed by atoms with Gasteiger partial charge in [0.1, 0.15) is 5.82 Å². The minimum Gasteiger partial charge on any atom is -0.473 e. The topological polar surface area (TPSA) is 73.1 Å². The molecule has 5 heteroatoms. The second-order valence-electron chi connectivity index (χ2n) is 4.76. The molecule has 0 radical (unpaired) electrons. The smallest absolute Gasteiger partial charge is 0.239 e. The highest BCUT2D eigenvalue weighted by Gasteiger charge is 2.06. The Morgan fingerprint density at radius 1 is 1.25 bits per heavy atom. The number of rotatable bonds is 6. The van der Waals surface area contributed by atoms with Gasteiger partial charge in [-0.15, -0.1) is 0 Å². The maximum absolute atomic E-state index is 5.83. The van der Waals surface area contributed by atoms with Crippen molar-refractivity contribution < 1.29 is 4.74 Å². The molecule has 0 fully saturated rings. The highest BCUT2D eigenvalue weighted by Crippen LogP contribution is 2.21. The number of pyridine rings is 2. The Balaban J connectivity index is 1.93. The largest absolute Gasteiger partial charge is 0.473 e. The number of nitrogen functional groups attached to an aromatic ring is 1. The quantitative estimate of drug-likeness (QED) is 0.845. The second kappa shape index (κ2) is 6.75. The summed E-state index contributed by atoms with van der Waals surface area (Å²) in [7, 11) is 0. The second-order valence-corrected chi connectivity index (χ2v) is 4.76. The molecule has 0 aliphatic heterocycles. The highest BCUT2D eigenvalue weighted by molar-refractivity contribution is 5.53. The van der Waals surface area contributed by atoms with Crippen molar-refractivity contribution in [3.05, 3.63) is 42.2 Å². The van der Waals surface area contributed by atoms with Crippen LogP contribution in [0.25, 0.3) is 0 Å². The lowest BCUT2D eigenvalue weighted by atomic mass is 10.3. The van der Waals surface area contributed by atoms with E-state index in [0.717, 1.165) is 24.5 Å². The first-order chi connectivity index (χ1) is 9.65. The number of nitrogens with one attached hydrogen (secondary N) is 1. The molecule has 0 atom stereocenters. The van der Waals surface area contributed by atoms with Gasteiger partial charge >= 0.3 is 0 Å². The van der Waals surface area contributed by atoms with E-state index in [1.54, 1.807) is 12.3 Å². The van der Waals surface area contributed by atoms with E-state index in [2.05, 4.69) is 15.3 Å². The summed E-state index contributed by atoms with van der Waals surface area (Å²) in [5.41, 5.74) is 7.43. The summed E-state index contributed by atoms with van der Waals surface area (Å²) in [6.07, 6.45) is 2.69. The van der Waals surface area contributed by atoms with Crippen LogP contribution in [0.15, 0.2) is 36.5 Å². The predicted molar refractivity (Wildman–Crippen MR) is 80.8 cm³/mol. The molecule has 0 amide bonds. The SMILES string of the molecule is CC(C)Oc1nc(NCCc2ccccn2)ccc1N. The number of anilines is 2. The van der Waals surface area contributed by atoms with E-state index in [0.29, 0.717) is 11.6 Å². The number of nitrogens with zero attached hydrogens (tertiary/aromatic N) is 2. The minimum absolute atomic E-state index is 0.0496. The molecule has 106 valence electrons. The molecular formula is C15H20N4O. The average molecular weight is 272 g/mol. The van der Waals surface area contributed by atoms with Crippen molar-refractivity contribution in [2.75, 3.05) is 17.6 Å². The van der Waals surface area contributed by atoms with Crippen LogP contribution in [-0.4, -0.2) is 22.6 Å². The first-order valence-electron chi connectivity index (χ1n) is 6.72. The maximum atomic E-state index is 5.83. The minimum atomic E-state index is 0.0496. The molecule has 2 aromatic heterocycles. The number of nitrogens with two attached hydrogens (primary N) is 1. The van der Waals surface area contributed by atoms with Crippen LogP contribution in [0.2, 0.25) is 0 Å². The van der Waals surface area contributed by atoms with Crippen LogP contribution in [0.5, 0.6) is 5.88 Å². The third-order valence-electron chi connectivity index (χ3n) is 2.65. The number of hydrogen-bond donors (Lipinski definition) is 2.